The number of halogens is 1. The summed E-state index contributed by atoms with van der Waals surface area (Å²) in [6.07, 6.45) is 3.49. The smallest absolute Gasteiger partial charge is 0.259 e. The lowest BCUT2D eigenvalue weighted by Gasteiger charge is -2.24. The zero-order valence-electron chi connectivity index (χ0n) is 15.9. The Hall–Kier alpha value is -1.84. The molecule has 9 heteroatoms. The van der Waals surface area contributed by atoms with E-state index in [0.717, 1.165) is 31.6 Å². The van der Waals surface area contributed by atoms with Gasteiger partial charge in [-0.05, 0) is 47.0 Å². The lowest BCUT2D eigenvalue weighted by atomic mass is 10.2. The van der Waals surface area contributed by atoms with Gasteiger partial charge in [0.05, 0.1) is 21.8 Å². The second kappa shape index (κ2) is 8.67. The third kappa shape index (κ3) is 4.26. The minimum Gasteiger partial charge on any atom is -0.457 e. The summed E-state index contributed by atoms with van der Waals surface area (Å²) in [5, 5.41) is 2.86. The monoisotopic (exact) mass is 469 g/mol. The topological polar surface area (TPSA) is 82.9 Å². The van der Waals surface area contributed by atoms with Gasteiger partial charge in [0.2, 0.25) is 10.0 Å². The first-order chi connectivity index (χ1) is 13.4. The zero-order chi connectivity index (χ0) is 20.3. The largest absolute Gasteiger partial charge is 0.457 e. The fourth-order valence-corrected chi connectivity index (χ4v) is 5.17. The number of rotatable bonds is 7. The Balaban J connectivity index is 1.99. The maximum Gasteiger partial charge on any atom is 0.259 e. The molecule has 1 N–H and O–H groups in total. The van der Waals surface area contributed by atoms with Gasteiger partial charge in [-0.15, -0.1) is 0 Å². The number of hydrogen-bond acceptors (Lipinski definition) is 5. The van der Waals surface area contributed by atoms with Gasteiger partial charge in [0.1, 0.15) is 6.26 Å². The molecule has 1 amide bonds. The Bertz CT molecular complexity index is 948. The van der Waals surface area contributed by atoms with E-state index in [-0.39, 0.29) is 10.8 Å². The van der Waals surface area contributed by atoms with Crippen LogP contribution in [0.4, 0.5) is 11.4 Å². The highest BCUT2D eigenvalue weighted by Gasteiger charge is 2.25. The normalized spacial score (nSPS) is 14.6. The lowest BCUT2D eigenvalue weighted by Crippen LogP contribution is -2.31. The summed E-state index contributed by atoms with van der Waals surface area (Å²) >= 11 is 3.18. The van der Waals surface area contributed by atoms with Crippen LogP contribution < -0.4 is 10.2 Å². The van der Waals surface area contributed by atoms with Crippen LogP contribution in [-0.2, 0) is 10.0 Å². The first kappa shape index (κ1) is 20.9. The number of hydrogen-bond donors (Lipinski definition) is 1. The summed E-state index contributed by atoms with van der Waals surface area (Å²) in [6.45, 7) is 6.14. The summed E-state index contributed by atoms with van der Waals surface area (Å²) in [4.78, 5) is 15.0. The van der Waals surface area contributed by atoms with Crippen LogP contribution in [0.2, 0.25) is 0 Å². The SMILES string of the molecule is CCN(CC)S(=O)(=O)c1ccc(N2CCCC2)c(NC(=O)c2coc(Br)c2)c1. The molecule has 0 spiro atoms. The Labute approximate surface area is 173 Å². The molecule has 1 aromatic carbocycles. The predicted octanol–water partition coefficient (Wildman–Crippen LogP) is 3.93. The number of carbonyl (C=O) groups is 1. The first-order valence-electron chi connectivity index (χ1n) is 9.31. The van der Waals surface area contributed by atoms with Crippen LogP contribution in [0.15, 0.2) is 44.5 Å². The highest BCUT2D eigenvalue weighted by atomic mass is 79.9. The van der Waals surface area contributed by atoms with E-state index in [2.05, 4.69) is 26.1 Å². The number of benzene rings is 1. The van der Waals surface area contributed by atoms with Crippen LogP contribution in [0.1, 0.15) is 37.0 Å². The molecule has 1 aromatic heterocycles. The van der Waals surface area contributed by atoms with Gasteiger partial charge in [0.15, 0.2) is 4.67 Å². The van der Waals surface area contributed by atoms with E-state index in [4.69, 9.17) is 4.42 Å². The molecule has 2 heterocycles. The van der Waals surface area contributed by atoms with Gasteiger partial charge in [-0.1, -0.05) is 13.8 Å². The highest BCUT2D eigenvalue weighted by molar-refractivity contribution is 9.10. The molecule has 0 atom stereocenters. The fourth-order valence-electron chi connectivity index (χ4n) is 3.35. The number of carbonyl (C=O) groups excluding carboxylic acids is 1. The number of furan rings is 1. The van der Waals surface area contributed by atoms with Crippen molar-refractivity contribution in [1.82, 2.24) is 4.31 Å². The van der Waals surface area contributed by atoms with E-state index in [0.29, 0.717) is 29.0 Å². The van der Waals surface area contributed by atoms with Crippen molar-refractivity contribution in [2.75, 3.05) is 36.4 Å². The highest BCUT2D eigenvalue weighted by Crippen LogP contribution is 2.33. The number of amides is 1. The standard InChI is InChI=1S/C19H24BrN3O4S/c1-3-23(4-2)28(25,26)15-7-8-17(22-9-5-6-10-22)16(12-15)21-19(24)14-11-18(20)27-13-14/h7-8,11-13H,3-6,9-10H2,1-2H3,(H,21,24). The van der Waals surface area contributed by atoms with Crippen LogP contribution in [0.3, 0.4) is 0 Å². The number of nitrogens with one attached hydrogen (secondary N) is 1. The lowest BCUT2D eigenvalue weighted by molar-refractivity contribution is 0.102. The van der Waals surface area contributed by atoms with Gasteiger partial charge in [0.25, 0.3) is 5.91 Å². The quantitative estimate of drug-likeness (QED) is 0.663. The van der Waals surface area contributed by atoms with Gasteiger partial charge >= 0.3 is 0 Å². The van der Waals surface area contributed by atoms with E-state index in [9.17, 15) is 13.2 Å². The van der Waals surface area contributed by atoms with Gasteiger partial charge in [-0.3, -0.25) is 4.79 Å². The summed E-state index contributed by atoms with van der Waals surface area (Å²) in [5.74, 6) is -0.354. The summed E-state index contributed by atoms with van der Waals surface area (Å²) in [5.41, 5.74) is 1.67. The molecular formula is C19H24BrN3O4S. The molecular weight excluding hydrogens is 446 g/mol. The molecule has 0 bridgehead atoms. The average molecular weight is 470 g/mol. The van der Waals surface area contributed by atoms with Crippen LogP contribution in [-0.4, -0.2) is 44.8 Å². The zero-order valence-corrected chi connectivity index (χ0v) is 18.3. The maximum absolute atomic E-state index is 12.9. The molecule has 7 nitrogen and oxygen atoms in total. The van der Waals surface area contributed by atoms with E-state index in [1.807, 2.05) is 0 Å². The molecule has 0 radical (unpaired) electrons. The first-order valence-corrected chi connectivity index (χ1v) is 11.5. The summed E-state index contributed by atoms with van der Waals surface area (Å²) in [7, 11) is -3.62. The minimum atomic E-state index is -3.62. The second-order valence-corrected chi connectivity index (χ2v) is 9.28. The van der Waals surface area contributed by atoms with Crippen molar-refractivity contribution in [1.29, 1.82) is 0 Å². The minimum absolute atomic E-state index is 0.169. The van der Waals surface area contributed by atoms with E-state index in [1.165, 1.54) is 10.6 Å². The van der Waals surface area contributed by atoms with Gasteiger partial charge in [0, 0.05) is 32.2 Å². The Morgan fingerprint density at radius 2 is 1.89 bits per heavy atom. The molecule has 1 aliphatic rings. The number of sulfonamides is 1. The van der Waals surface area contributed by atoms with Crippen LogP contribution in [0.25, 0.3) is 0 Å². The molecule has 0 saturated carbocycles. The third-order valence-corrected chi connectivity index (χ3v) is 7.30. The molecule has 152 valence electrons. The van der Waals surface area contributed by atoms with Crippen LogP contribution in [0, 0.1) is 0 Å². The summed E-state index contributed by atoms with van der Waals surface area (Å²) in [6, 6.07) is 6.52. The van der Waals surface area contributed by atoms with Crippen molar-refractivity contribution >= 4 is 43.2 Å². The average Bonchev–Trinajstić information content (AvgIpc) is 3.34. The number of anilines is 2. The summed E-state index contributed by atoms with van der Waals surface area (Å²) < 4.78 is 32.8. The van der Waals surface area contributed by atoms with E-state index in [1.54, 1.807) is 38.1 Å². The molecule has 0 unspecified atom stereocenters. The fraction of sp³-hybridized carbons (Fsp3) is 0.421. The second-order valence-electron chi connectivity index (χ2n) is 6.56. The van der Waals surface area contributed by atoms with Crippen molar-refractivity contribution in [2.24, 2.45) is 0 Å². The Kier molecular flexibility index (Phi) is 6.47. The van der Waals surface area contributed by atoms with Crippen molar-refractivity contribution in [3.05, 3.63) is 40.8 Å². The van der Waals surface area contributed by atoms with Gasteiger partial charge in [-0.2, -0.15) is 4.31 Å². The predicted molar refractivity (Wildman–Crippen MR) is 112 cm³/mol. The number of nitrogens with zero attached hydrogens (tertiary/aromatic N) is 2. The molecule has 1 fully saturated rings. The molecule has 28 heavy (non-hydrogen) atoms. The molecule has 3 rings (SSSR count). The van der Waals surface area contributed by atoms with Gasteiger partial charge in [-0.25, -0.2) is 8.42 Å². The molecule has 2 aromatic rings. The van der Waals surface area contributed by atoms with E-state index >= 15 is 0 Å². The van der Waals surface area contributed by atoms with Gasteiger partial charge < -0.3 is 14.6 Å². The van der Waals surface area contributed by atoms with Crippen molar-refractivity contribution < 1.29 is 17.6 Å². The van der Waals surface area contributed by atoms with Crippen LogP contribution in [0.5, 0.6) is 0 Å². The Morgan fingerprint density at radius 3 is 2.46 bits per heavy atom. The maximum atomic E-state index is 12.9. The van der Waals surface area contributed by atoms with Crippen molar-refractivity contribution in [3.63, 3.8) is 0 Å². The van der Waals surface area contributed by atoms with Crippen molar-refractivity contribution in [3.8, 4) is 0 Å². The van der Waals surface area contributed by atoms with Crippen molar-refractivity contribution in [2.45, 2.75) is 31.6 Å². The molecule has 1 saturated heterocycles. The molecule has 1 aliphatic heterocycles. The van der Waals surface area contributed by atoms with Crippen LogP contribution >= 0.6 is 15.9 Å². The Morgan fingerprint density at radius 1 is 1.21 bits per heavy atom. The van der Waals surface area contributed by atoms with E-state index < -0.39 is 10.0 Å². The molecule has 0 aliphatic carbocycles. The third-order valence-electron chi connectivity index (χ3n) is 4.84.